The lowest BCUT2D eigenvalue weighted by Crippen LogP contribution is -2.01. The van der Waals surface area contributed by atoms with E-state index in [4.69, 9.17) is 20.3 Å². The smallest absolute Gasteiger partial charge is 0.119 e. The minimum absolute atomic E-state index is 0.207. The summed E-state index contributed by atoms with van der Waals surface area (Å²) in [5, 5.41) is 9.48. The molecule has 0 aliphatic rings. The molecule has 0 amide bonds. The van der Waals surface area contributed by atoms with Crippen LogP contribution >= 0.6 is 0 Å². The van der Waals surface area contributed by atoms with Crippen molar-refractivity contribution in [2.24, 2.45) is 11.5 Å². The molecule has 5 heteroatoms. The van der Waals surface area contributed by atoms with Gasteiger partial charge in [0, 0.05) is 0 Å². The van der Waals surface area contributed by atoms with Crippen LogP contribution in [0.4, 0.5) is 0 Å². The predicted molar refractivity (Wildman–Crippen MR) is 82.3 cm³/mol. The Balaban J connectivity index is 2.06. The monoisotopic (exact) mass is 298 g/mol. The van der Waals surface area contributed by atoms with E-state index >= 15 is 0 Å². The summed E-state index contributed by atoms with van der Waals surface area (Å²) in [6, 6.07) is 14.5. The maximum atomic E-state index is 9.48. The summed E-state index contributed by atoms with van der Waals surface area (Å²) in [4.78, 5) is 0. The lowest BCUT2D eigenvalue weighted by Gasteiger charge is -2.13. The Bertz CT molecular complexity index is 701. The number of phenols is 1. The SMILES string of the molecule is NCc1ccc(C(c2ccc(O)cc2)c2ccc(CN)o2)o1. The van der Waals surface area contributed by atoms with Gasteiger partial charge in [0.15, 0.2) is 0 Å². The van der Waals surface area contributed by atoms with E-state index in [2.05, 4.69) is 0 Å². The second-order valence-electron chi connectivity index (χ2n) is 5.04. The van der Waals surface area contributed by atoms with Gasteiger partial charge in [-0.2, -0.15) is 0 Å². The molecule has 0 spiro atoms. The van der Waals surface area contributed by atoms with Gasteiger partial charge in [0.05, 0.1) is 13.1 Å². The minimum atomic E-state index is -0.207. The molecule has 2 aromatic heterocycles. The summed E-state index contributed by atoms with van der Waals surface area (Å²) in [5.41, 5.74) is 12.2. The summed E-state index contributed by atoms with van der Waals surface area (Å²) in [5.74, 6) is 2.91. The Labute approximate surface area is 128 Å². The standard InChI is InChI=1S/C17H18N2O3/c18-9-13-5-7-15(21-13)17(11-1-3-12(20)4-2-11)16-8-6-14(10-19)22-16/h1-8,17,20H,9-10,18-19H2. The zero-order chi connectivity index (χ0) is 15.5. The molecule has 2 heterocycles. The summed E-state index contributed by atoms with van der Waals surface area (Å²) >= 11 is 0. The normalized spacial score (nSPS) is 11.2. The first kappa shape index (κ1) is 14.4. The number of furan rings is 2. The number of nitrogens with two attached hydrogens (primary N) is 2. The Morgan fingerprint density at radius 3 is 1.68 bits per heavy atom. The van der Waals surface area contributed by atoms with Gasteiger partial charge in [-0.15, -0.1) is 0 Å². The molecule has 22 heavy (non-hydrogen) atoms. The Morgan fingerprint density at radius 2 is 1.27 bits per heavy atom. The Kier molecular flexibility index (Phi) is 4.00. The van der Waals surface area contributed by atoms with Gasteiger partial charge in [0.1, 0.15) is 34.7 Å². The van der Waals surface area contributed by atoms with E-state index in [1.807, 2.05) is 36.4 Å². The van der Waals surface area contributed by atoms with Gasteiger partial charge in [0.25, 0.3) is 0 Å². The predicted octanol–water partition coefficient (Wildman–Crippen LogP) is 2.68. The maximum absolute atomic E-state index is 9.48. The molecule has 0 aliphatic heterocycles. The van der Waals surface area contributed by atoms with Crippen LogP contribution in [0.1, 0.15) is 34.5 Å². The van der Waals surface area contributed by atoms with Gasteiger partial charge in [-0.05, 0) is 42.0 Å². The number of hydrogen-bond donors (Lipinski definition) is 3. The molecule has 5 N–H and O–H groups in total. The Morgan fingerprint density at radius 1 is 0.773 bits per heavy atom. The van der Waals surface area contributed by atoms with Gasteiger partial charge in [0.2, 0.25) is 0 Å². The molecule has 1 aromatic carbocycles. The molecule has 0 fully saturated rings. The van der Waals surface area contributed by atoms with Crippen LogP contribution in [0.25, 0.3) is 0 Å². The molecule has 0 aliphatic carbocycles. The van der Waals surface area contributed by atoms with E-state index in [1.54, 1.807) is 12.1 Å². The molecule has 5 nitrogen and oxygen atoms in total. The zero-order valence-electron chi connectivity index (χ0n) is 12.0. The second kappa shape index (κ2) is 6.09. The molecule has 0 unspecified atom stereocenters. The van der Waals surface area contributed by atoms with E-state index in [0.29, 0.717) is 24.6 Å². The van der Waals surface area contributed by atoms with Crippen molar-refractivity contribution in [3.8, 4) is 5.75 Å². The van der Waals surface area contributed by atoms with Crippen molar-refractivity contribution in [2.75, 3.05) is 0 Å². The molecule has 0 radical (unpaired) electrons. The van der Waals surface area contributed by atoms with Crippen LogP contribution < -0.4 is 11.5 Å². The fourth-order valence-corrected chi connectivity index (χ4v) is 2.45. The Hall–Kier alpha value is -2.50. The third kappa shape index (κ3) is 2.77. The minimum Gasteiger partial charge on any atom is -0.508 e. The van der Waals surface area contributed by atoms with Crippen LogP contribution in [-0.4, -0.2) is 5.11 Å². The first-order valence-electron chi connectivity index (χ1n) is 7.07. The largest absolute Gasteiger partial charge is 0.508 e. The first-order valence-corrected chi connectivity index (χ1v) is 7.07. The van der Waals surface area contributed by atoms with Gasteiger partial charge < -0.3 is 25.4 Å². The van der Waals surface area contributed by atoms with Crippen LogP contribution in [0.3, 0.4) is 0 Å². The quantitative estimate of drug-likeness (QED) is 0.672. The summed E-state index contributed by atoms with van der Waals surface area (Å²) in [6.45, 7) is 0.684. The van der Waals surface area contributed by atoms with Crippen LogP contribution in [0.15, 0.2) is 57.4 Å². The first-order chi connectivity index (χ1) is 10.7. The van der Waals surface area contributed by atoms with Crippen molar-refractivity contribution in [1.29, 1.82) is 0 Å². The molecule has 3 aromatic rings. The molecular formula is C17H18N2O3. The van der Waals surface area contributed by atoms with E-state index < -0.39 is 0 Å². The second-order valence-corrected chi connectivity index (χ2v) is 5.04. The highest BCUT2D eigenvalue weighted by Crippen LogP contribution is 2.34. The number of hydrogen-bond acceptors (Lipinski definition) is 5. The summed E-state index contributed by atoms with van der Waals surface area (Å²) in [7, 11) is 0. The maximum Gasteiger partial charge on any atom is 0.119 e. The number of phenolic OH excluding ortho intramolecular Hbond substituents is 1. The summed E-state index contributed by atoms with van der Waals surface area (Å²) in [6.07, 6.45) is 0. The number of aromatic hydroxyl groups is 1. The van der Waals surface area contributed by atoms with Crippen LogP contribution in [0.2, 0.25) is 0 Å². The van der Waals surface area contributed by atoms with Crippen molar-refractivity contribution in [3.05, 3.63) is 77.1 Å². The van der Waals surface area contributed by atoms with Gasteiger partial charge in [-0.25, -0.2) is 0 Å². The van der Waals surface area contributed by atoms with Crippen LogP contribution in [-0.2, 0) is 13.1 Å². The molecule has 0 saturated carbocycles. The molecule has 0 saturated heterocycles. The fourth-order valence-electron chi connectivity index (χ4n) is 2.45. The lowest BCUT2D eigenvalue weighted by atomic mass is 9.94. The van der Waals surface area contributed by atoms with Crippen molar-refractivity contribution in [1.82, 2.24) is 0 Å². The van der Waals surface area contributed by atoms with Gasteiger partial charge in [-0.1, -0.05) is 12.1 Å². The van der Waals surface area contributed by atoms with Gasteiger partial charge in [-0.3, -0.25) is 0 Å². The molecule has 114 valence electrons. The average Bonchev–Trinajstić information content (AvgIpc) is 3.19. The highest BCUT2D eigenvalue weighted by atomic mass is 16.4. The van der Waals surface area contributed by atoms with Crippen molar-refractivity contribution < 1.29 is 13.9 Å². The van der Waals surface area contributed by atoms with Crippen molar-refractivity contribution in [2.45, 2.75) is 19.0 Å². The van der Waals surface area contributed by atoms with Crippen molar-refractivity contribution in [3.63, 3.8) is 0 Å². The lowest BCUT2D eigenvalue weighted by molar-refractivity contribution is 0.415. The molecule has 3 rings (SSSR count). The van der Waals surface area contributed by atoms with Gasteiger partial charge >= 0.3 is 0 Å². The highest BCUT2D eigenvalue weighted by Gasteiger charge is 2.23. The van der Waals surface area contributed by atoms with E-state index in [9.17, 15) is 5.11 Å². The highest BCUT2D eigenvalue weighted by molar-refractivity contribution is 5.38. The van der Waals surface area contributed by atoms with Crippen LogP contribution in [0, 0.1) is 0 Å². The average molecular weight is 298 g/mol. The van der Waals surface area contributed by atoms with E-state index in [0.717, 1.165) is 17.1 Å². The third-order valence-electron chi connectivity index (χ3n) is 3.56. The topological polar surface area (TPSA) is 98.5 Å². The van der Waals surface area contributed by atoms with Crippen molar-refractivity contribution >= 4 is 0 Å². The summed E-state index contributed by atoms with van der Waals surface area (Å²) < 4.78 is 11.6. The molecule has 0 bridgehead atoms. The molecular weight excluding hydrogens is 280 g/mol. The number of rotatable bonds is 5. The van der Waals surface area contributed by atoms with Crippen LogP contribution in [0.5, 0.6) is 5.75 Å². The number of benzene rings is 1. The zero-order valence-corrected chi connectivity index (χ0v) is 12.0. The fraction of sp³-hybridized carbons (Fsp3) is 0.176. The molecule has 0 atom stereocenters. The van der Waals surface area contributed by atoms with E-state index in [-0.39, 0.29) is 11.7 Å². The van der Waals surface area contributed by atoms with E-state index in [1.165, 1.54) is 0 Å². The third-order valence-corrected chi connectivity index (χ3v) is 3.56.